The number of halogens is 1. The SMILES string of the molecule is O=C(O)CCCc1ccc2oc(-c3cc(F)ccc3-c3nc4c(s3)CCCC4)cc2c1. The van der Waals surface area contributed by atoms with Gasteiger partial charge in [-0.05, 0) is 80.5 Å². The number of carboxylic acid groups (broad SMARTS) is 1. The Morgan fingerprint density at radius 3 is 2.81 bits per heavy atom. The first-order valence-corrected chi connectivity index (χ1v) is 11.4. The molecule has 5 rings (SSSR count). The fourth-order valence-corrected chi connectivity index (χ4v) is 5.39. The van der Waals surface area contributed by atoms with Crippen molar-refractivity contribution in [3.8, 4) is 21.9 Å². The van der Waals surface area contributed by atoms with E-state index in [2.05, 4.69) is 0 Å². The van der Waals surface area contributed by atoms with Gasteiger partial charge in [-0.15, -0.1) is 11.3 Å². The molecule has 31 heavy (non-hydrogen) atoms. The number of rotatable bonds is 6. The molecule has 0 amide bonds. The molecular weight excluding hydrogens is 413 g/mol. The number of aryl methyl sites for hydroxylation is 3. The largest absolute Gasteiger partial charge is 0.481 e. The first-order chi connectivity index (χ1) is 15.1. The van der Waals surface area contributed by atoms with Gasteiger partial charge in [0, 0.05) is 27.8 Å². The fourth-order valence-electron chi connectivity index (χ4n) is 4.20. The molecule has 0 atom stereocenters. The summed E-state index contributed by atoms with van der Waals surface area (Å²) in [6.45, 7) is 0. The van der Waals surface area contributed by atoms with Crippen LogP contribution in [0.15, 0.2) is 46.9 Å². The third-order valence-corrected chi connectivity index (χ3v) is 6.95. The van der Waals surface area contributed by atoms with Crippen LogP contribution in [0.2, 0.25) is 0 Å². The molecule has 6 heteroatoms. The molecule has 2 aromatic heterocycles. The molecular formula is C25H22FNO3S. The summed E-state index contributed by atoms with van der Waals surface area (Å²) in [5, 5.41) is 10.7. The second-order valence-corrected chi connectivity index (χ2v) is 9.10. The van der Waals surface area contributed by atoms with E-state index < -0.39 is 5.97 Å². The van der Waals surface area contributed by atoms with Crippen molar-refractivity contribution >= 4 is 28.3 Å². The maximum absolute atomic E-state index is 14.2. The minimum absolute atomic E-state index is 0.152. The van der Waals surface area contributed by atoms with Gasteiger partial charge in [0.05, 0.1) is 5.69 Å². The second kappa shape index (κ2) is 8.27. The quantitative estimate of drug-likeness (QED) is 0.368. The number of carboxylic acids is 1. The molecule has 0 fully saturated rings. The highest BCUT2D eigenvalue weighted by molar-refractivity contribution is 7.15. The minimum atomic E-state index is -0.783. The van der Waals surface area contributed by atoms with Gasteiger partial charge in [-0.2, -0.15) is 0 Å². The summed E-state index contributed by atoms with van der Waals surface area (Å²) in [4.78, 5) is 17.0. The van der Waals surface area contributed by atoms with E-state index in [1.54, 1.807) is 17.4 Å². The number of nitrogens with zero attached hydrogens (tertiary/aromatic N) is 1. The van der Waals surface area contributed by atoms with Crippen molar-refractivity contribution in [3.05, 3.63) is 64.4 Å². The topological polar surface area (TPSA) is 63.3 Å². The number of furan rings is 1. The van der Waals surface area contributed by atoms with E-state index in [9.17, 15) is 9.18 Å². The molecule has 1 N–H and O–H groups in total. The zero-order valence-corrected chi connectivity index (χ0v) is 17.8. The van der Waals surface area contributed by atoms with Crippen LogP contribution in [0.5, 0.6) is 0 Å². The highest BCUT2D eigenvalue weighted by atomic mass is 32.1. The van der Waals surface area contributed by atoms with Crippen molar-refractivity contribution in [1.82, 2.24) is 4.98 Å². The third-order valence-electron chi connectivity index (χ3n) is 5.76. The Hall–Kier alpha value is -2.99. The van der Waals surface area contributed by atoms with Crippen molar-refractivity contribution in [2.45, 2.75) is 44.9 Å². The molecule has 158 valence electrons. The first kappa shape index (κ1) is 19.9. The predicted octanol–water partition coefficient (Wildman–Crippen LogP) is 6.65. The Morgan fingerprint density at radius 1 is 1.10 bits per heavy atom. The van der Waals surface area contributed by atoms with Crippen LogP contribution < -0.4 is 0 Å². The van der Waals surface area contributed by atoms with Crippen molar-refractivity contribution in [3.63, 3.8) is 0 Å². The summed E-state index contributed by atoms with van der Waals surface area (Å²) >= 11 is 1.70. The Kier molecular flexibility index (Phi) is 5.32. The average molecular weight is 436 g/mol. The van der Waals surface area contributed by atoms with Crippen molar-refractivity contribution < 1.29 is 18.7 Å². The molecule has 1 aliphatic rings. The molecule has 1 aliphatic carbocycles. The number of hydrogen-bond acceptors (Lipinski definition) is 4. The smallest absolute Gasteiger partial charge is 0.303 e. The summed E-state index contributed by atoms with van der Waals surface area (Å²) in [7, 11) is 0. The molecule has 4 nitrogen and oxygen atoms in total. The van der Waals surface area contributed by atoms with E-state index in [0.717, 1.165) is 39.9 Å². The van der Waals surface area contributed by atoms with Crippen LogP contribution in [0.1, 0.15) is 41.8 Å². The number of benzene rings is 2. The van der Waals surface area contributed by atoms with Gasteiger partial charge in [-0.25, -0.2) is 9.37 Å². The number of thiazole rings is 1. The number of aromatic nitrogens is 1. The van der Waals surface area contributed by atoms with Gasteiger partial charge in [0.1, 0.15) is 22.2 Å². The lowest BCUT2D eigenvalue weighted by atomic mass is 10.0. The van der Waals surface area contributed by atoms with Crippen LogP contribution >= 0.6 is 11.3 Å². The highest BCUT2D eigenvalue weighted by Gasteiger charge is 2.20. The van der Waals surface area contributed by atoms with Crippen LogP contribution in [-0.2, 0) is 24.1 Å². The monoisotopic (exact) mass is 435 g/mol. The summed E-state index contributed by atoms with van der Waals surface area (Å²) in [5.41, 5.74) is 4.56. The van der Waals surface area contributed by atoms with Crippen LogP contribution in [0.3, 0.4) is 0 Å². The maximum atomic E-state index is 14.2. The minimum Gasteiger partial charge on any atom is -0.481 e. The molecule has 4 aromatic rings. The molecule has 0 spiro atoms. The third kappa shape index (κ3) is 4.12. The first-order valence-electron chi connectivity index (χ1n) is 10.6. The normalized spacial score (nSPS) is 13.5. The molecule has 0 bridgehead atoms. The number of hydrogen-bond donors (Lipinski definition) is 1. The summed E-state index contributed by atoms with van der Waals surface area (Å²) in [5.74, 6) is -0.482. The molecule has 2 aromatic carbocycles. The molecule has 0 radical (unpaired) electrons. The van der Waals surface area contributed by atoms with E-state index in [1.807, 2.05) is 24.3 Å². The van der Waals surface area contributed by atoms with E-state index in [-0.39, 0.29) is 12.2 Å². The summed E-state index contributed by atoms with van der Waals surface area (Å²) < 4.78 is 20.3. The Balaban J connectivity index is 1.51. The highest BCUT2D eigenvalue weighted by Crippen LogP contribution is 2.40. The zero-order valence-electron chi connectivity index (χ0n) is 17.0. The van der Waals surface area contributed by atoms with Gasteiger partial charge in [0.2, 0.25) is 0 Å². The van der Waals surface area contributed by atoms with Gasteiger partial charge in [0.25, 0.3) is 0 Å². The van der Waals surface area contributed by atoms with Crippen molar-refractivity contribution in [2.75, 3.05) is 0 Å². The number of aliphatic carboxylic acids is 1. The van der Waals surface area contributed by atoms with E-state index in [4.69, 9.17) is 14.5 Å². The molecule has 2 heterocycles. The molecule has 0 saturated heterocycles. The van der Waals surface area contributed by atoms with Gasteiger partial charge >= 0.3 is 5.97 Å². The van der Waals surface area contributed by atoms with Crippen LogP contribution in [0.25, 0.3) is 32.9 Å². The molecule has 0 aliphatic heterocycles. The number of fused-ring (bicyclic) bond motifs is 2. The van der Waals surface area contributed by atoms with Gasteiger partial charge in [0.15, 0.2) is 0 Å². The van der Waals surface area contributed by atoms with Crippen LogP contribution in [-0.4, -0.2) is 16.1 Å². The summed E-state index contributed by atoms with van der Waals surface area (Å²) in [6.07, 6.45) is 5.89. The predicted molar refractivity (Wildman–Crippen MR) is 120 cm³/mol. The second-order valence-electron chi connectivity index (χ2n) is 8.02. The van der Waals surface area contributed by atoms with E-state index >= 15 is 0 Å². The van der Waals surface area contributed by atoms with Crippen LogP contribution in [0, 0.1) is 5.82 Å². The number of carbonyl (C=O) groups is 1. The Labute approximate surface area is 183 Å². The maximum Gasteiger partial charge on any atom is 0.303 e. The lowest BCUT2D eigenvalue weighted by Crippen LogP contribution is -1.98. The lowest BCUT2D eigenvalue weighted by molar-refractivity contribution is -0.137. The molecule has 0 saturated carbocycles. The Morgan fingerprint density at radius 2 is 1.97 bits per heavy atom. The van der Waals surface area contributed by atoms with Crippen molar-refractivity contribution in [2.24, 2.45) is 0 Å². The van der Waals surface area contributed by atoms with E-state index in [1.165, 1.54) is 35.5 Å². The fraction of sp³-hybridized carbons (Fsp3) is 0.280. The Bertz CT molecular complexity index is 1250. The van der Waals surface area contributed by atoms with Crippen molar-refractivity contribution in [1.29, 1.82) is 0 Å². The van der Waals surface area contributed by atoms with Gasteiger partial charge in [-0.1, -0.05) is 6.07 Å². The average Bonchev–Trinajstić information content (AvgIpc) is 3.37. The summed E-state index contributed by atoms with van der Waals surface area (Å²) in [6, 6.07) is 12.6. The van der Waals surface area contributed by atoms with Gasteiger partial charge in [-0.3, -0.25) is 4.79 Å². The standard InChI is InChI=1S/C25H22FNO3S/c26-17-9-10-18(25-27-20-5-1-2-6-23(20)31-25)19(14-17)22-13-16-12-15(4-3-7-24(28)29)8-11-21(16)30-22/h8-14H,1-7H2,(H,28,29). The van der Waals surface area contributed by atoms with E-state index in [0.29, 0.717) is 24.2 Å². The molecule has 0 unspecified atom stereocenters. The zero-order chi connectivity index (χ0) is 21.4. The van der Waals surface area contributed by atoms with Gasteiger partial charge < -0.3 is 9.52 Å². The lowest BCUT2D eigenvalue weighted by Gasteiger charge is -2.06. The van der Waals surface area contributed by atoms with Crippen LogP contribution in [0.4, 0.5) is 4.39 Å².